The maximum Gasteiger partial charge on any atom is 0.266 e. The summed E-state index contributed by atoms with van der Waals surface area (Å²) in [5, 5.41) is 12.2. The van der Waals surface area contributed by atoms with E-state index in [4.69, 9.17) is 0 Å². The van der Waals surface area contributed by atoms with Gasteiger partial charge in [-0.1, -0.05) is 45.0 Å². The van der Waals surface area contributed by atoms with Gasteiger partial charge in [0.1, 0.15) is 0 Å². The SMILES string of the molecule is Cn1[nH]c(=O)c(C(C)(C)C)c/c1=N/N=C/c1ccccc1P. The first-order valence-corrected chi connectivity index (χ1v) is 7.59. The molecule has 6 heteroatoms. The second-order valence-electron chi connectivity index (χ2n) is 6.14. The summed E-state index contributed by atoms with van der Waals surface area (Å²) in [4.78, 5) is 12.0. The average Bonchev–Trinajstić information content (AvgIpc) is 2.41. The van der Waals surface area contributed by atoms with Gasteiger partial charge in [-0.2, -0.15) is 5.10 Å². The molecule has 2 aromatic rings. The van der Waals surface area contributed by atoms with Gasteiger partial charge in [0, 0.05) is 18.2 Å². The molecule has 1 atom stereocenters. The summed E-state index contributed by atoms with van der Waals surface area (Å²) in [7, 11) is 4.41. The Hall–Kier alpha value is -2.00. The highest BCUT2D eigenvalue weighted by molar-refractivity contribution is 7.27. The second-order valence-corrected chi connectivity index (χ2v) is 6.76. The van der Waals surface area contributed by atoms with Crippen molar-refractivity contribution in [1.29, 1.82) is 0 Å². The molecule has 1 heterocycles. The fraction of sp³-hybridized carbons (Fsp3) is 0.312. The van der Waals surface area contributed by atoms with E-state index in [2.05, 4.69) is 24.5 Å². The lowest BCUT2D eigenvalue weighted by atomic mass is 9.88. The van der Waals surface area contributed by atoms with Gasteiger partial charge in [-0.05, 0) is 16.8 Å². The summed E-state index contributed by atoms with van der Waals surface area (Å²) in [5.74, 6) is 0. The van der Waals surface area contributed by atoms with Gasteiger partial charge in [-0.25, -0.2) is 0 Å². The largest absolute Gasteiger partial charge is 0.270 e. The van der Waals surface area contributed by atoms with Crippen LogP contribution in [0.15, 0.2) is 45.3 Å². The summed E-state index contributed by atoms with van der Waals surface area (Å²) in [5.41, 5.74) is 1.92. The van der Waals surface area contributed by atoms with Crippen LogP contribution in [0.1, 0.15) is 31.9 Å². The van der Waals surface area contributed by atoms with Gasteiger partial charge in [0.05, 0.1) is 6.21 Å². The Morgan fingerprint density at radius 2 is 1.95 bits per heavy atom. The fourth-order valence-electron chi connectivity index (χ4n) is 1.99. The van der Waals surface area contributed by atoms with Crippen molar-refractivity contribution >= 4 is 20.8 Å². The minimum Gasteiger partial charge on any atom is -0.270 e. The lowest BCUT2D eigenvalue weighted by Crippen LogP contribution is -2.34. The molecular weight excluding hydrogens is 295 g/mol. The third-order valence-electron chi connectivity index (χ3n) is 3.29. The van der Waals surface area contributed by atoms with Crippen molar-refractivity contribution in [3.63, 3.8) is 0 Å². The fourth-order valence-corrected chi connectivity index (χ4v) is 2.27. The lowest BCUT2D eigenvalue weighted by Gasteiger charge is -2.17. The molecule has 1 unspecified atom stereocenters. The van der Waals surface area contributed by atoms with Crippen LogP contribution in [-0.4, -0.2) is 16.0 Å². The van der Waals surface area contributed by atoms with Gasteiger partial charge in [0.15, 0.2) is 5.49 Å². The zero-order valence-electron chi connectivity index (χ0n) is 13.3. The van der Waals surface area contributed by atoms with E-state index in [0.29, 0.717) is 11.1 Å². The first-order chi connectivity index (χ1) is 10.3. The minimum atomic E-state index is -0.248. The Morgan fingerprint density at radius 3 is 2.59 bits per heavy atom. The van der Waals surface area contributed by atoms with Crippen molar-refractivity contribution in [3.8, 4) is 0 Å². The molecule has 0 fully saturated rings. The second kappa shape index (κ2) is 6.41. The van der Waals surface area contributed by atoms with E-state index in [1.165, 1.54) is 0 Å². The number of hydrogen-bond donors (Lipinski definition) is 1. The van der Waals surface area contributed by atoms with Crippen LogP contribution in [-0.2, 0) is 12.5 Å². The van der Waals surface area contributed by atoms with Gasteiger partial charge in [-0.3, -0.25) is 14.6 Å². The number of hydrogen-bond acceptors (Lipinski definition) is 3. The molecule has 116 valence electrons. The van der Waals surface area contributed by atoms with Crippen molar-refractivity contribution in [2.75, 3.05) is 0 Å². The summed E-state index contributed by atoms with van der Waals surface area (Å²) < 4.78 is 1.57. The average molecular weight is 316 g/mol. The van der Waals surface area contributed by atoms with Gasteiger partial charge in [-0.15, -0.1) is 14.3 Å². The molecular formula is C16H21N4OP. The van der Waals surface area contributed by atoms with Gasteiger partial charge < -0.3 is 0 Å². The number of benzene rings is 1. The predicted octanol–water partition coefficient (Wildman–Crippen LogP) is 1.45. The number of nitrogens with zero attached hydrogens (tertiary/aromatic N) is 3. The van der Waals surface area contributed by atoms with Crippen molar-refractivity contribution in [2.45, 2.75) is 26.2 Å². The molecule has 1 N–H and O–H groups in total. The van der Waals surface area contributed by atoms with Crippen molar-refractivity contribution in [1.82, 2.24) is 9.78 Å². The molecule has 5 nitrogen and oxygen atoms in total. The number of aryl methyl sites for hydroxylation is 1. The Kier molecular flexibility index (Phi) is 4.77. The third kappa shape index (κ3) is 3.80. The highest BCUT2D eigenvalue weighted by atomic mass is 31.0. The molecule has 0 aliphatic heterocycles. The highest BCUT2D eigenvalue weighted by Crippen LogP contribution is 2.16. The van der Waals surface area contributed by atoms with E-state index in [1.54, 1.807) is 24.0 Å². The Balaban J connectivity index is 2.45. The third-order valence-corrected chi connectivity index (χ3v) is 3.82. The number of aromatic amines is 1. The zero-order valence-corrected chi connectivity index (χ0v) is 14.4. The van der Waals surface area contributed by atoms with E-state index >= 15 is 0 Å². The molecule has 0 bridgehead atoms. The topological polar surface area (TPSA) is 62.5 Å². The van der Waals surface area contributed by atoms with Crippen LogP contribution in [0.3, 0.4) is 0 Å². The van der Waals surface area contributed by atoms with Gasteiger partial charge in [0.2, 0.25) is 0 Å². The van der Waals surface area contributed by atoms with E-state index in [1.807, 2.05) is 45.0 Å². The first kappa shape index (κ1) is 16.4. The summed E-state index contributed by atoms with van der Waals surface area (Å²) in [6.07, 6.45) is 1.70. The van der Waals surface area contributed by atoms with Crippen molar-refractivity contribution in [2.24, 2.45) is 17.3 Å². The van der Waals surface area contributed by atoms with E-state index in [-0.39, 0.29) is 11.0 Å². The lowest BCUT2D eigenvalue weighted by molar-refractivity contribution is 0.558. The molecule has 0 saturated heterocycles. The normalized spacial score (nSPS) is 13.0. The summed E-state index contributed by atoms with van der Waals surface area (Å²) >= 11 is 0. The Labute approximate surface area is 132 Å². The summed E-state index contributed by atoms with van der Waals surface area (Å²) in [6.45, 7) is 5.99. The molecule has 0 saturated carbocycles. The zero-order chi connectivity index (χ0) is 16.3. The Bertz CT molecular complexity index is 825. The molecule has 22 heavy (non-hydrogen) atoms. The molecule has 0 aliphatic carbocycles. The van der Waals surface area contributed by atoms with Crippen LogP contribution in [0.4, 0.5) is 0 Å². The van der Waals surface area contributed by atoms with Crippen molar-refractivity contribution < 1.29 is 0 Å². The Morgan fingerprint density at radius 1 is 1.27 bits per heavy atom. The number of rotatable bonds is 2. The van der Waals surface area contributed by atoms with Gasteiger partial charge in [0.25, 0.3) is 5.56 Å². The molecule has 0 spiro atoms. The van der Waals surface area contributed by atoms with Crippen LogP contribution in [0.5, 0.6) is 0 Å². The molecule has 1 aromatic carbocycles. The molecule has 1 aromatic heterocycles. The highest BCUT2D eigenvalue weighted by Gasteiger charge is 2.18. The molecule has 0 amide bonds. The van der Waals surface area contributed by atoms with Crippen LogP contribution in [0.25, 0.3) is 0 Å². The van der Waals surface area contributed by atoms with E-state index < -0.39 is 0 Å². The predicted molar refractivity (Wildman–Crippen MR) is 93.7 cm³/mol. The van der Waals surface area contributed by atoms with Gasteiger partial charge >= 0.3 is 0 Å². The van der Waals surface area contributed by atoms with E-state index in [0.717, 1.165) is 10.9 Å². The molecule has 0 aliphatic rings. The molecule has 0 radical (unpaired) electrons. The van der Waals surface area contributed by atoms with E-state index in [9.17, 15) is 4.79 Å². The maximum atomic E-state index is 12.0. The monoisotopic (exact) mass is 316 g/mol. The molecule has 2 rings (SSSR count). The quantitative estimate of drug-likeness (QED) is 0.509. The number of H-pyrrole nitrogens is 1. The smallest absolute Gasteiger partial charge is 0.266 e. The standard InChI is InChI=1S/C16H21N4OP/c1-16(2,3)12-9-14(20(4)19-15(12)21)18-17-10-11-7-5-6-8-13(11)22/h5-10H,22H2,1-4H3,(H,19,21)/b17-10+,18-14-. The first-order valence-electron chi connectivity index (χ1n) is 7.01. The van der Waals surface area contributed by atoms with Crippen molar-refractivity contribution in [3.05, 3.63) is 57.3 Å². The number of aromatic nitrogens is 2. The van der Waals surface area contributed by atoms with Crippen LogP contribution in [0.2, 0.25) is 0 Å². The van der Waals surface area contributed by atoms with Crippen LogP contribution in [0, 0.1) is 0 Å². The minimum absolute atomic E-state index is 0.103. The number of nitrogens with one attached hydrogen (secondary N) is 1. The van der Waals surface area contributed by atoms with Crippen LogP contribution < -0.4 is 16.4 Å². The maximum absolute atomic E-state index is 12.0. The van der Waals surface area contributed by atoms with Crippen LogP contribution >= 0.6 is 9.24 Å². The summed E-state index contributed by atoms with van der Waals surface area (Å²) in [6, 6.07) is 9.66.